The van der Waals surface area contributed by atoms with E-state index in [0.29, 0.717) is 5.70 Å². The van der Waals surface area contributed by atoms with Gasteiger partial charge in [-0.1, -0.05) is 12.2 Å². The van der Waals surface area contributed by atoms with Crippen molar-refractivity contribution in [1.29, 1.82) is 0 Å². The minimum atomic E-state index is -4.61. The molecule has 0 aromatic rings. The Bertz CT molecular complexity index is 257. The van der Waals surface area contributed by atoms with Gasteiger partial charge in [-0.15, -0.1) is 13.2 Å². The average molecular weight is 193 g/mol. The summed E-state index contributed by atoms with van der Waals surface area (Å²) in [7, 11) is 0. The second kappa shape index (κ2) is 3.06. The molecule has 0 saturated carbocycles. The fourth-order valence-corrected chi connectivity index (χ4v) is 1.07. The molecule has 0 aliphatic heterocycles. The highest BCUT2D eigenvalue weighted by Crippen LogP contribution is 2.31. The van der Waals surface area contributed by atoms with Crippen LogP contribution in [0.4, 0.5) is 13.2 Å². The highest BCUT2D eigenvalue weighted by atomic mass is 19.4. The number of halogens is 3. The van der Waals surface area contributed by atoms with E-state index in [-0.39, 0.29) is 6.42 Å². The van der Waals surface area contributed by atoms with Crippen LogP contribution >= 0.6 is 0 Å². The molecule has 0 heterocycles. The molecular formula is C8H10F3NO. The molecule has 2 nitrogen and oxygen atoms in total. The van der Waals surface area contributed by atoms with Gasteiger partial charge < -0.3 is 5.73 Å². The lowest BCUT2D eigenvalue weighted by atomic mass is 9.96. The van der Waals surface area contributed by atoms with Crippen molar-refractivity contribution in [3.63, 3.8) is 0 Å². The molecule has 5 heteroatoms. The van der Waals surface area contributed by atoms with Gasteiger partial charge in [0.25, 0.3) is 0 Å². The molecule has 0 amide bonds. The zero-order valence-corrected chi connectivity index (χ0v) is 7.06. The molecule has 0 aromatic heterocycles. The summed E-state index contributed by atoms with van der Waals surface area (Å²) < 4.78 is 39.6. The third kappa shape index (κ3) is 3.10. The van der Waals surface area contributed by atoms with Gasteiger partial charge in [0.2, 0.25) is 0 Å². The standard InChI is InChI=1S/C8H10F3NO/c1-7(13-8(9,10)11)4-2-6(12)3-5-7/h2-4H,5,12H2,1H3. The van der Waals surface area contributed by atoms with Crippen LogP contribution in [0.3, 0.4) is 0 Å². The van der Waals surface area contributed by atoms with Crippen molar-refractivity contribution in [2.45, 2.75) is 25.3 Å². The molecule has 1 atom stereocenters. The molecule has 13 heavy (non-hydrogen) atoms. The number of hydrogen-bond acceptors (Lipinski definition) is 2. The third-order valence-corrected chi connectivity index (χ3v) is 1.72. The zero-order valence-electron chi connectivity index (χ0n) is 7.06. The molecule has 1 aliphatic carbocycles. The van der Waals surface area contributed by atoms with Gasteiger partial charge in [-0.2, -0.15) is 0 Å². The van der Waals surface area contributed by atoms with E-state index in [1.165, 1.54) is 25.2 Å². The molecule has 0 bridgehead atoms. The fourth-order valence-electron chi connectivity index (χ4n) is 1.07. The Morgan fingerprint density at radius 3 is 2.54 bits per heavy atom. The number of nitrogens with two attached hydrogens (primary N) is 1. The molecule has 1 aliphatic rings. The van der Waals surface area contributed by atoms with Crippen LogP contribution in [0.25, 0.3) is 0 Å². The first-order valence-corrected chi connectivity index (χ1v) is 3.73. The average Bonchev–Trinajstić information content (AvgIpc) is 1.92. The summed E-state index contributed by atoms with van der Waals surface area (Å²) in [6, 6.07) is 0. The minimum Gasteiger partial charge on any atom is -0.399 e. The van der Waals surface area contributed by atoms with Crippen LogP contribution in [0.1, 0.15) is 13.3 Å². The SMILES string of the molecule is CC1(OC(F)(F)F)C=CC(N)=CC1. The normalized spacial score (nSPS) is 28.8. The molecule has 1 unspecified atom stereocenters. The highest BCUT2D eigenvalue weighted by molar-refractivity contribution is 5.24. The largest absolute Gasteiger partial charge is 0.523 e. The van der Waals surface area contributed by atoms with Gasteiger partial charge in [0.1, 0.15) is 0 Å². The van der Waals surface area contributed by atoms with Crippen molar-refractivity contribution in [3.05, 3.63) is 23.9 Å². The number of rotatable bonds is 1. The van der Waals surface area contributed by atoms with E-state index < -0.39 is 12.0 Å². The van der Waals surface area contributed by atoms with E-state index in [1.54, 1.807) is 0 Å². The summed E-state index contributed by atoms with van der Waals surface area (Å²) in [5.41, 5.74) is 4.50. The summed E-state index contributed by atoms with van der Waals surface area (Å²) in [5, 5.41) is 0. The predicted molar refractivity (Wildman–Crippen MR) is 41.6 cm³/mol. The molecule has 0 aromatic carbocycles. The van der Waals surface area contributed by atoms with Crippen LogP contribution in [0.5, 0.6) is 0 Å². The molecule has 1 rings (SSSR count). The van der Waals surface area contributed by atoms with Crippen LogP contribution < -0.4 is 5.73 Å². The monoisotopic (exact) mass is 193 g/mol. The Kier molecular flexibility index (Phi) is 2.38. The molecule has 0 fully saturated rings. The number of hydrogen-bond donors (Lipinski definition) is 1. The molecule has 74 valence electrons. The van der Waals surface area contributed by atoms with Crippen LogP contribution in [-0.4, -0.2) is 12.0 Å². The van der Waals surface area contributed by atoms with Gasteiger partial charge in [0, 0.05) is 12.1 Å². The molecular weight excluding hydrogens is 183 g/mol. The van der Waals surface area contributed by atoms with Crippen LogP contribution in [0.15, 0.2) is 23.9 Å². The van der Waals surface area contributed by atoms with Crippen molar-refractivity contribution in [2.24, 2.45) is 5.73 Å². The second-order valence-corrected chi connectivity index (χ2v) is 3.10. The molecule has 0 spiro atoms. The highest BCUT2D eigenvalue weighted by Gasteiger charge is 2.39. The maximum Gasteiger partial charge on any atom is 0.523 e. The Balaban J connectivity index is 2.66. The van der Waals surface area contributed by atoms with Gasteiger partial charge in [-0.05, 0) is 13.0 Å². The van der Waals surface area contributed by atoms with Gasteiger partial charge in [0.15, 0.2) is 0 Å². The first-order chi connectivity index (χ1) is 5.81. The van der Waals surface area contributed by atoms with Crippen molar-refractivity contribution >= 4 is 0 Å². The van der Waals surface area contributed by atoms with Crippen LogP contribution in [0, 0.1) is 0 Å². The van der Waals surface area contributed by atoms with Gasteiger partial charge in [-0.3, -0.25) is 4.74 Å². The van der Waals surface area contributed by atoms with E-state index >= 15 is 0 Å². The number of alkyl halides is 3. The van der Waals surface area contributed by atoms with Crippen LogP contribution in [0.2, 0.25) is 0 Å². The Morgan fingerprint density at radius 1 is 1.54 bits per heavy atom. The lowest BCUT2D eigenvalue weighted by molar-refractivity contribution is -0.355. The summed E-state index contributed by atoms with van der Waals surface area (Å²) in [6.45, 7) is 1.36. The van der Waals surface area contributed by atoms with E-state index in [9.17, 15) is 13.2 Å². The maximum absolute atomic E-state index is 11.9. The van der Waals surface area contributed by atoms with Gasteiger partial charge in [0.05, 0.1) is 5.60 Å². The van der Waals surface area contributed by atoms with E-state index in [4.69, 9.17) is 5.73 Å². The fraction of sp³-hybridized carbons (Fsp3) is 0.500. The third-order valence-electron chi connectivity index (χ3n) is 1.72. The lowest BCUT2D eigenvalue weighted by Crippen LogP contribution is -2.34. The molecule has 2 N–H and O–H groups in total. The quantitative estimate of drug-likeness (QED) is 0.692. The zero-order chi connectivity index (χ0) is 10.1. The second-order valence-electron chi connectivity index (χ2n) is 3.10. The lowest BCUT2D eigenvalue weighted by Gasteiger charge is -2.28. The van der Waals surface area contributed by atoms with Gasteiger partial charge >= 0.3 is 6.36 Å². The van der Waals surface area contributed by atoms with E-state index in [1.807, 2.05) is 0 Å². The number of ether oxygens (including phenoxy) is 1. The first-order valence-electron chi connectivity index (χ1n) is 3.73. The van der Waals surface area contributed by atoms with Crippen LogP contribution in [-0.2, 0) is 4.74 Å². The summed E-state index contributed by atoms with van der Waals surface area (Å²) >= 11 is 0. The van der Waals surface area contributed by atoms with Crippen molar-refractivity contribution in [1.82, 2.24) is 0 Å². The van der Waals surface area contributed by atoms with Gasteiger partial charge in [-0.25, -0.2) is 0 Å². The maximum atomic E-state index is 11.9. The summed E-state index contributed by atoms with van der Waals surface area (Å²) in [5.74, 6) is 0. The predicted octanol–water partition coefficient (Wildman–Crippen LogP) is 2.08. The Morgan fingerprint density at radius 2 is 2.15 bits per heavy atom. The Labute approximate surface area is 73.9 Å². The smallest absolute Gasteiger partial charge is 0.399 e. The van der Waals surface area contributed by atoms with E-state index in [2.05, 4.69) is 4.74 Å². The van der Waals surface area contributed by atoms with Crippen molar-refractivity contribution in [3.8, 4) is 0 Å². The number of allylic oxidation sites excluding steroid dienone is 1. The van der Waals surface area contributed by atoms with E-state index in [0.717, 1.165) is 0 Å². The molecule has 0 saturated heterocycles. The summed E-state index contributed by atoms with van der Waals surface area (Å²) in [4.78, 5) is 0. The topological polar surface area (TPSA) is 35.2 Å². The summed E-state index contributed by atoms with van der Waals surface area (Å²) in [6.07, 6.45) is -0.245. The minimum absolute atomic E-state index is 0.134. The molecule has 0 radical (unpaired) electrons. The first kappa shape index (κ1) is 10.1. The Hall–Kier alpha value is -0.970. The van der Waals surface area contributed by atoms with Crippen molar-refractivity contribution in [2.75, 3.05) is 0 Å². The van der Waals surface area contributed by atoms with Crippen molar-refractivity contribution < 1.29 is 17.9 Å².